The minimum absolute atomic E-state index is 0.237. The maximum absolute atomic E-state index is 4.14. The molecule has 2 N–H and O–H groups in total. The van der Waals surface area contributed by atoms with Gasteiger partial charge in [0.25, 0.3) is 0 Å². The van der Waals surface area contributed by atoms with E-state index in [1.165, 1.54) is 44.9 Å². The first-order chi connectivity index (χ1) is 9.38. The number of hydrogen-bond acceptors (Lipinski definition) is 5. The van der Waals surface area contributed by atoms with Crippen LogP contribution in [0.3, 0.4) is 0 Å². The molecule has 1 saturated carbocycles. The molecule has 19 heavy (non-hydrogen) atoms. The van der Waals surface area contributed by atoms with Gasteiger partial charge in [-0.15, -0.1) is 10.2 Å². The molecule has 0 aromatic carbocycles. The number of hydrogen-bond donors (Lipinski definition) is 2. The summed E-state index contributed by atoms with van der Waals surface area (Å²) in [6, 6.07) is 1.58. The summed E-state index contributed by atoms with van der Waals surface area (Å²) in [5.41, 5.74) is 3.64. The first kappa shape index (κ1) is 13.0. The van der Waals surface area contributed by atoms with Gasteiger partial charge >= 0.3 is 0 Å². The number of nitrogens with zero attached hydrogens (tertiary/aromatic N) is 4. The molecule has 0 spiro atoms. The van der Waals surface area contributed by atoms with E-state index < -0.39 is 0 Å². The van der Waals surface area contributed by atoms with Crippen LogP contribution >= 0.6 is 0 Å². The van der Waals surface area contributed by atoms with Gasteiger partial charge in [-0.05, 0) is 25.7 Å². The highest BCUT2D eigenvalue weighted by Gasteiger charge is 2.38. The van der Waals surface area contributed by atoms with Crippen LogP contribution in [-0.2, 0) is 0 Å². The van der Waals surface area contributed by atoms with Crippen molar-refractivity contribution in [2.24, 2.45) is 0 Å². The lowest BCUT2D eigenvalue weighted by Crippen LogP contribution is -2.44. The average Bonchev–Trinajstić information content (AvgIpc) is 3.14. The molecule has 0 bridgehead atoms. The van der Waals surface area contributed by atoms with E-state index in [1.807, 2.05) is 0 Å². The third-order valence-corrected chi connectivity index (χ3v) is 4.49. The Bertz CT molecular complexity index is 372. The summed E-state index contributed by atoms with van der Waals surface area (Å²) >= 11 is 0. The summed E-state index contributed by atoms with van der Waals surface area (Å²) in [4.78, 5) is 0. The van der Waals surface area contributed by atoms with E-state index in [2.05, 4.69) is 38.0 Å². The average molecular weight is 264 g/mol. The smallest absolute Gasteiger partial charge is 0.192 e. The Balaban J connectivity index is 1.68. The number of aromatic amines is 1. The maximum Gasteiger partial charge on any atom is 0.192 e. The van der Waals surface area contributed by atoms with Gasteiger partial charge in [-0.2, -0.15) is 5.21 Å². The minimum atomic E-state index is 0.237. The predicted molar refractivity (Wildman–Crippen MR) is 72.1 cm³/mol. The summed E-state index contributed by atoms with van der Waals surface area (Å²) in [5, 5.41) is 17.0. The first-order valence-corrected chi connectivity index (χ1v) is 7.66. The van der Waals surface area contributed by atoms with Crippen molar-refractivity contribution in [3.05, 3.63) is 5.82 Å². The van der Waals surface area contributed by atoms with E-state index in [0.29, 0.717) is 12.1 Å². The van der Waals surface area contributed by atoms with E-state index in [1.54, 1.807) is 0 Å². The van der Waals surface area contributed by atoms with Crippen LogP contribution in [0, 0.1) is 0 Å². The first-order valence-electron chi connectivity index (χ1n) is 7.66. The molecule has 6 nitrogen and oxygen atoms in total. The van der Waals surface area contributed by atoms with Crippen LogP contribution in [0.2, 0.25) is 0 Å². The van der Waals surface area contributed by atoms with Gasteiger partial charge in [0.2, 0.25) is 0 Å². The van der Waals surface area contributed by atoms with E-state index in [0.717, 1.165) is 12.2 Å². The van der Waals surface area contributed by atoms with Crippen LogP contribution in [0.5, 0.6) is 0 Å². The van der Waals surface area contributed by atoms with Crippen LogP contribution in [0.15, 0.2) is 0 Å². The van der Waals surface area contributed by atoms with Crippen LogP contribution < -0.4 is 5.43 Å². The molecule has 1 saturated heterocycles. The number of aromatic nitrogens is 4. The summed E-state index contributed by atoms with van der Waals surface area (Å²) in [7, 11) is 0. The molecule has 2 heterocycles. The standard InChI is InChI=1S/C13H24N6/c1-2-3-6-11-9-12(13-14-17-18-15-13)16-19(11)10-7-4-5-8-10/h10-12,16H,2-9H2,1H3,(H,14,15,17,18). The highest BCUT2D eigenvalue weighted by molar-refractivity contribution is 4.98. The zero-order valence-electron chi connectivity index (χ0n) is 11.7. The van der Waals surface area contributed by atoms with Crippen molar-refractivity contribution >= 4 is 0 Å². The molecule has 0 radical (unpaired) electrons. The summed E-state index contributed by atoms with van der Waals surface area (Å²) in [6.07, 6.45) is 10.3. The second-order valence-corrected chi connectivity index (χ2v) is 5.83. The zero-order chi connectivity index (χ0) is 13.1. The highest BCUT2D eigenvalue weighted by atomic mass is 15.6. The predicted octanol–water partition coefficient (Wildman–Crippen LogP) is 1.95. The van der Waals surface area contributed by atoms with Gasteiger partial charge in [0, 0.05) is 12.1 Å². The number of nitrogens with one attached hydrogen (secondary N) is 2. The Morgan fingerprint density at radius 1 is 1.32 bits per heavy atom. The van der Waals surface area contributed by atoms with Gasteiger partial charge in [0.05, 0.1) is 6.04 Å². The summed E-state index contributed by atoms with van der Waals surface area (Å²) in [6.45, 7) is 2.26. The quantitative estimate of drug-likeness (QED) is 0.850. The third kappa shape index (κ3) is 2.79. The van der Waals surface area contributed by atoms with Crippen molar-refractivity contribution in [3.8, 4) is 0 Å². The molecule has 1 aliphatic heterocycles. The Kier molecular flexibility index (Phi) is 4.08. The molecular weight excluding hydrogens is 240 g/mol. The second kappa shape index (κ2) is 5.96. The lowest BCUT2D eigenvalue weighted by Gasteiger charge is -2.30. The number of rotatable bonds is 5. The SMILES string of the molecule is CCCCC1CC(c2nn[nH]n2)NN1C1CCCC1. The van der Waals surface area contributed by atoms with E-state index in [4.69, 9.17) is 0 Å². The number of H-pyrrole nitrogens is 1. The van der Waals surface area contributed by atoms with Gasteiger partial charge in [0.1, 0.15) is 0 Å². The number of hydrazine groups is 1. The molecule has 0 amide bonds. The monoisotopic (exact) mass is 264 g/mol. The Morgan fingerprint density at radius 3 is 2.84 bits per heavy atom. The molecule has 106 valence electrons. The van der Waals surface area contributed by atoms with Gasteiger partial charge in [0.15, 0.2) is 5.82 Å². The van der Waals surface area contributed by atoms with Gasteiger partial charge in [-0.25, -0.2) is 10.4 Å². The van der Waals surface area contributed by atoms with Crippen molar-refractivity contribution < 1.29 is 0 Å². The maximum atomic E-state index is 4.14. The van der Waals surface area contributed by atoms with E-state index >= 15 is 0 Å². The van der Waals surface area contributed by atoms with Gasteiger partial charge in [-0.3, -0.25) is 0 Å². The lowest BCUT2D eigenvalue weighted by molar-refractivity contribution is 0.109. The van der Waals surface area contributed by atoms with Crippen LogP contribution in [0.1, 0.15) is 70.2 Å². The number of unbranched alkanes of at least 4 members (excludes halogenated alkanes) is 1. The van der Waals surface area contributed by atoms with E-state index in [9.17, 15) is 0 Å². The fourth-order valence-corrected chi connectivity index (χ4v) is 3.49. The number of tetrazole rings is 1. The molecule has 3 rings (SSSR count). The lowest BCUT2D eigenvalue weighted by atomic mass is 10.0. The zero-order valence-corrected chi connectivity index (χ0v) is 11.7. The van der Waals surface area contributed by atoms with Crippen LogP contribution in [-0.4, -0.2) is 37.7 Å². The molecule has 2 aliphatic rings. The van der Waals surface area contributed by atoms with Crippen LogP contribution in [0.4, 0.5) is 0 Å². The van der Waals surface area contributed by atoms with Gasteiger partial charge < -0.3 is 0 Å². The Labute approximate surface area is 114 Å². The summed E-state index contributed by atoms with van der Waals surface area (Å²) in [5.74, 6) is 0.807. The Hall–Kier alpha value is -1.01. The molecular formula is C13H24N6. The molecule has 2 fully saturated rings. The van der Waals surface area contributed by atoms with E-state index in [-0.39, 0.29) is 6.04 Å². The second-order valence-electron chi connectivity index (χ2n) is 5.83. The van der Waals surface area contributed by atoms with Crippen molar-refractivity contribution in [1.82, 2.24) is 31.1 Å². The third-order valence-electron chi connectivity index (χ3n) is 4.49. The van der Waals surface area contributed by atoms with Crippen molar-refractivity contribution in [2.45, 2.75) is 76.4 Å². The Morgan fingerprint density at radius 2 is 2.16 bits per heavy atom. The molecule has 6 heteroatoms. The molecule has 1 aromatic rings. The van der Waals surface area contributed by atoms with Crippen LogP contribution in [0.25, 0.3) is 0 Å². The molecule has 1 aliphatic carbocycles. The van der Waals surface area contributed by atoms with Crippen molar-refractivity contribution in [2.75, 3.05) is 0 Å². The molecule has 2 unspecified atom stereocenters. The van der Waals surface area contributed by atoms with Crippen molar-refractivity contribution in [3.63, 3.8) is 0 Å². The fraction of sp³-hybridized carbons (Fsp3) is 0.923. The highest BCUT2D eigenvalue weighted by Crippen LogP contribution is 2.34. The largest absolute Gasteiger partial charge is 0.244 e. The molecule has 2 atom stereocenters. The van der Waals surface area contributed by atoms with Crippen molar-refractivity contribution in [1.29, 1.82) is 0 Å². The topological polar surface area (TPSA) is 69.7 Å². The minimum Gasteiger partial charge on any atom is -0.244 e. The fourth-order valence-electron chi connectivity index (χ4n) is 3.49. The normalized spacial score (nSPS) is 29.3. The van der Waals surface area contributed by atoms with Gasteiger partial charge in [-0.1, -0.05) is 37.8 Å². The molecule has 1 aromatic heterocycles. The summed E-state index contributed by atoms with van der Waals surface area (Å²) < 4.78 is 0.